The molecule has 0 bridgehead atoms. The van der Waals surface area contributed by atoms with Crippen LogP contribution in [0, 0.1) is 6.92 Å². The van der Waals surface area contributed by atoms with Crippen molar-refractivity contribution in [1.82, 2.24) is 0 Å². The van der Waals surface area contributed by atoms with Crippen LogP contribution in [0.1, 0.15) is 96.5 Å². The minimum atomic E-state index is 0.777. The number of rotatable bonds is 18. The number of hydrogen-bond donors (Lipinski definition) is 0. The SMILES string of the molecule is CCCCCCCCOc1ccc(N=Nc2ccc(OCCCCCCCC)c(C)c2)cc1. The first kappa shape index (κ1) is 26.9. The molecule has 0 aliphatic carbocycles. The van der Waals surface area contributed by atoms with Gasteiger partial charge < -0.3 is 9.47 Å². The van der Waals surface area contributed by atoms with Crippen LogP contribution in [0.4, 0.5) is 11.4 Å². The normalized spacial score (nSPS) is 11.2. The van der Waals surface area contributed by atoms with Crippen LogP contribution in [0.25, 0.3) is 0 Å². The fraction of sp³-hybridized carbons (Fsp3) is 0.586. The van der Waals surface area contributed by atoms with Crippen molar-refractivity contribution >= 4 is 11.4 Å². The molecule has 0 amide bonds. The molecule has 182 valence electrons. The van der Waals surface area contributed by atoms with Gasteiger partial charge in [0, 0.05) is 0 Å². The highest BCUT2D eigenvalue weighted by molar-refractivity contribution is 5.47. The molecule has 0 N–H and O–H groups in total. The van der Waals surface area contributed by atoms with Crippen LogP contribution in [0.5, 0.6) is 11.5 Å². The van der Waals surface area contributed by atoms with Crippen molar-refractivity contribution in [3.63, 3.8) is 0 Å². The lowest BCUT2D eigenvalue weighted by Gasteiger charge is -2.09. The highest BCUT2D eigenvalue weighted by atomic mass is 16.5. The summed E-state index contributed by atoms with van der Waals surface area (Å²) in [6.07, 6.45) is 15.3. The van der Waals surface area contributed by atoms with E-state index in [-0.39, 0.29) is 0 Å². The number of benzene rings is 2. The third kappa shape index (κ3) is 11.9. The summed E-state index contributed by atoms with van der Waals surface area (Å²) in [7, 11) is 0. The van der Waals surface area contributed by atoms with Crippen LogP contribution in [-0.2, 0) is 0 Å². The van der Waals surface area contributed by atoms with E-state index in [0.717, 1.165) is 54.5 Å². The van der Waals surface area contributed by atoms with Crippen molar-refractivity contribution in [3.8, 4) is 11.5 Å². The van der Waals surface area contributed by atoms with Gasteiger partial charge in [0.25, 0.3) is 0 Å². The van der Waals surface area contributed by atoms with E-state index in [9.17, 15) is 0 Å². The van der Waals surface area contributed by atoms with Crippen LogP contribution >= 0.6 is 0 Å². The van der Waals surface area contributed by atoms with Crippen LogP contribution in [-0.4, -0.2) is 13.2 Å². The Morgan fingerprint density at radius 2 is 1.09 bits per heavy atom. The summed E-state index contributed by atoms with van der Waals surface area (Å²) >= 11 is 0. The van der Waals surface area contributed by atoms with Gasteiger partial charge in [-0.1, -0.05) is 78.1 Å². The second-order valence-corrected chi connectivity index (χ2v) is 8.88. The molecular weight excluding hydrogens is 408 g/mol. The first-order chi connectivity index (χ1) is 16.2. The maximum absolute atomic E-state index is 5.95. The Labute approximate surface area is 201 Å². The molecule has 0 unspecified atom stereocenters. The standard InChI is InChI=1S/C29H44N2O2/c1-4-6-8-10-12-14-22-32-28-19-16-26(17-20-28)30-31-27-18-21-29(25(3)24-27)33-23-15-13-11-9-7-5-2/h16-21,24H,4-15,22-23H2,1-3H3. The number of hydrogen-bond acceptors (Lipinski definition) is 4. The number of aryl methyl sites for hydroxylation is 1. The Kier molecular flexibility index (Phi) is 14.0. The lowest BCUT2D eigenvalue weighted by Crippen LogP contribution is -1.98. The van der Waals surface area contributed by atoms with Crippen LogP contribution in [0.15, 0.2) is 52.7 Å². The molecule has 0 saturated carbocycles. The molecule has 0 saturated heterocycles. The van der Waals surface area contributed by atoms with E-state index in [1.54, 1.807) is 0 Å². The average Bonchev–Trinajstić information content (AvgIpc) is 2.83. The lowest BCUT2D eigenvalue weighted by molar-refractivity contribution is 0.302. The van der Waals surface area contributed by atoms with Gasteiger partial charge in [0.05, 0.1) is 24.6 Å². The summed E-state index contributed by atoms with van der Waals surface area (Å²) in [5.74, 6) is 1.83. The van der Waals surface area contributed by atoms with Crippen LogP contribution in [0.3, 0.4) is 0 Å². The van der Waals surface area contributed by atoms with E-state index in [2.05, 4.69) is 31.0 Å². The van der Waals surface area contributed by atoms with Gasteiger partial charge >= 0.3 is 0 Å². The summed E-state index contributed by atoms with van der Waals surface area (Å²) < 4.78 is 11.8. The summed E-state index contributed by atoms with van der Waals surface area (Å²) in [5.41, 5.74) is 2.75. The molecular formula is C29H44N2O2. The fourth-order valence-electron chi connectivity index (χ4n) is 3.72. The van der Waals surface area contributed by atoms with Gasteiger partial charge in [-0.25, -0.2) is 0 Å². The van der Waals surface area contributed by atoms with Crippen LogP contribution < -0.4 is 9.47 Å². The predicted octanol–water partition coefficient (Wildman–Crippen LogP) is 9.89. The number of nitrogens with zero attached hydrogens (tertiary/aromatic N) is 2. The van der Waals surface area contributed by atoms with Crippen molar-refractivity contribution in [2.45, 2.75) is 97.8 Å². The topological polar surface area (TPSA) is 43.2 Å². The van der Waals surface area contributed by atoms with Gasteiger partial charge in [0.1, 0.15) is 11.5 Å². The highest BCUT2D eigenvalue weighted by Gasteiger charge is 2.02. The van der Waals surface area contributed by atoms with Gasteiger partial charge in [0.15, 0.2) is 0 Å². The first-order valence-corrected chi connectivity index (χ1v) is 13.1. The van der Waals surface area contributed by atoms with Crippen LogP contribution in [0.2, 0.25) is 0 Å². The van der Waals surface area contributed by atoms with Gasteiger partial charge in [-0.05, 0) is 67.8 Å². The molecule has 2 aromatic rings. The van der Waals surface area contributed by atoms with E-state index in [4.69, 9.17) is 9.47 Å². The summed E-state index contributed by atoms with van der Waals surface area (Å²) in [5, 5.41) is 8.75. The Hall–Kier alpha value is -2.36. The molecule has 4 nitrogen and oxygen atoms in total. The van der Waals surface area contributed by atoms with E-state index >= 15 is 0 Å². The van der Waals surface area contributed by atoms with E-state index < -0.39 is 0 Å². The Morgan fingerprint density at radius 3 is 1.70 bits per heavy atom. The van der Waals surface area contributed by atoms with Gasteiger partial charge in [-0.3, -0.25) is 0 Å². The molecule has 0 fully saturated rings. The van der Waals surface area contributed by atoms with E-state index in [1.165, 1.54) is 64.2 Å². The molecule has 0 aromatic heterocycles. The second kappa shape index (κ2) is 17.2. The van der Waals surface area contributed by atoms with Crippen molar-refractivity contribution in [2.75, 3.05) is 13.2 Å². The molecule has 0 atom stereocenters. The van der Waals surface area contributed by atoms with Crippen molar-refractivity contribution < 1.29 is 9.47 Å². The molecule has 2 rings (SSSR count). The average molecular weight is 453 g/mol. The summed E-state index contributed by atoms with van der Waals surface area (Å²) in [4.78, 5) is 0. The predicted molar refractivity (Wildman–Crippen MR) is 140 cm³/mol. The van der Waals surface area contributed by atoms with E-state index in [1.807, 2.05) is 42.5 Å². The summed E-state index contributed by atoms with van der Waals surface area (Å²) in [6.45, 7) is 8.11. The maximum Gasteiger partial charge on any atom is 0.122 e. The third-order valence-corrected chi connectivity index (χ3v) is 5.80. The zero-order chi connectivity index (χ0) is 23.6. The van der Waals surface area contributed by atoms with Gasteiger partial charge in [0.2, 0.25) is 0 Å². The van der Waals surface area contributed by atoms with Gasteiger partial charge in [-0.2, -0.15) is 10.2 Å². The first-order valence-electron chi connectivity index (χ1n) is 13.1. The Bertz CT molecular complexity index is 787. The van der Waals surface area contributed by atoms with Crippen molar-refractivity contribution in [2.24, 2.45) is 10.2 Å². The largest absolute Gasteiger partial charge is 0.494 e. The number of unbranched alkanes of at least 4 members (excludes halogenated alkanes) is 10. The molecule has 0 aliphatic heterocycles. The highest BCUT2D eigenvalue weighted by Crippen LogP contribution is 2.26. The fourth-order valence-corrected chi connectivity index (χ4v) is 3.72. The zero-order valence-electron chi connectivity index (χ0n) is 21.2. The smallest absolute Gasteiger partial charge is 0.122 e. The minimum Gasteiger partial charge on any atom is -0.494 e. The Balaban J connectivity index is 1.70. The van der Waals surface area contributed by atoms with E-state index in [0.29, 0.717) is 0 Å². The number of azo groups is 1. The molecule has 0 spiro atoms. The molecule has 0 aliphatic rings. The molecule has 0 heterocycles. The van der Waals surface area contributed by atoms with Crippen molar-refractivity contribution in [3.05, 3.63) is 48.0 Å². The molecule has 4 heteroatoms. The monoisotopic (exact) mass is 452 g/mol. The quantitative estimate of drug-likeness (QED) is 0.167. The van der Waals surface area contributed by atoms with Crippen molar-refractivity contribution in [1.29, 1.82) is 0 Å². The molecule has 0 radical (unpaired) electrons. The van der Waals surface area contributed by atoms with Gasteiger partial charge in [-0.15, -0.1) is 0 Å². The lowest BCUT2D eigenvalue weighted by atomic mass is 10.1. The summed E-state index contributed by atoms with van der Waals surface area (Å²) in [6, 6.07) is 13.8. The molecule has 33 heavy (non-hydrogen) atoms. The zero-order valence-corrected chi connectivity index (χ0v) is 21.2. The minimum absolute atomic E-state index is 0.777. The Morgan fingerprint density at radius 1 is 0.576 bits per heavy atom. The number of ether oxygens (including phenoxy) is 2. The third-order valence-electron chi connectivity index (χ3n) is 5.80. The maximum atomic E-state index is 5.95. The second-order valence-electron chi connectivity index (χ2n) is 8.88. The molecule has 2 aromatic carbocycles.